The molecule has 0 radical (unpaired) electrons. The predicted molar refractivity (Wildman–Crippen MR) is 97.0 cm³/mol. The second-order valence-corrected chi connectivity index (χ2v) is 5.77. The van der Waals surface area contributed by atoms with Crippen molar-refractivity contribution in [1.82, 2.24) is 4.90 Å². The molecule has 1 saturated heterocycles. The highest BCUT2D eigenvalue weighted by Gasteiger charge is 2.22. The molecule has 2 aromatic rings. The summed E-state index contributed by atoms with van der Waals surface area (Å²) in [6.45, 7) is 2.78. The number of carbonyl (C=O) groups excluding carboxylic acids is 1. The second-order valence-electron chi connectivity index (χ2n) is 5.77. The normalized spacial score (nSPS) is 13.9. The van der Waals surface area contributed by atoms with E-state index in [-0.39, 0.29) is 6.03 Å². The van der Waals surface area contributed by atoms with Crippen LogP contribution in [0.25, 0.3) is 0 Å². The number of nitrogens with zero attached hydrogens (tertiary/aromatic N) is 3. The fourth-order valence-electron chi connectivity index (χ4n) is 2.87. The van der Waals surface area contributed by atoms with Crippen molar-refractivity contribution >= 4 is 17.4 Å². The molecular weight excluding hydrogens is 316 g/mol. The van der Waals surface area contributed by atoms with Crippen LogP contribution < -0.4 is 15.0 Å². The van der Waals surface area contributed by atoms with Gasteiger partial charge in [0.1, 0.15) is 5.75 Å². The standard InChI is InChI=1S/C19H20N4O2/c1-25-18-5-3-2-4-17(18)22-10-12-23(13-11-22)19(24)21-16-8-6-15(14-20)7-9-16/h2-9H,10-13H2,1H3,(H,21,24). The minimum Gasteiger partial charge on any atom is -0.495 e. The van der Waals surface area contributed by atoms with Gasteiger partial charge in [0.2, 0.25) is 0 Å². The molecule has 0 bridgehead atoms. The molecule has 1 aliphatic heterocycles. The molecule has 0 aliphatic carbocycles. The summed E-state index contributed by atoms with van der Waals surface area (Å²) >= 11 is 0. The minimum absolute atomic E-state index is 0.121. The van der Waals surface area contributed by atoms with Gasteiger partial charge in [0.25, 0.3) is 0 Å². The van der Waals surface area contributed by atoms with Crippen molar-refractivity contribution in [3.8, 4) is 11.8 Å². The van der Waals surface area contributed by atoms with Crippen LogP contribution in [0.4, 0.5) is 16.2 Å². The fourth-order valence-corrected chi connectivity index (χ4v) is 2.87. The van der Waals surface area contributed by atoms with Crippen LogP contribution in [-0.2, 0) is 0 Å². The first-order valence-electron chi connectivity index (χ1n) is 8.15. The van der Waals surface area contributed by atoms with Gasteiger partial charge in [-0.15, -0.1) is 0 Å². The van der Waals surface area contributed by atoms with Crippen LogP contribution in [0.5, 0.6) is 5.75 Å². The number of rotatable bonds is 3. The summed E-state index contributed by atoms with van der Waals surface area (Å²) in [6.07, 6.45) is 0. The number of nitriles is 1. The number of benzene rings is 2. The zero-order chi connectivity index (χ0) is 17.6. The van der Waals surface area contributed by atoms with Crippen LogP contribution in [0.2, 0.25) is 0 Å². The molecule has 0 spiro atoms. The summed E-state index contributed by atoms with van der Waals surface area (Å²) in [5.41, 5.74) is 2.32. The Morgan fingerprint density at radius 2 is 1.76 bits per heavy atom. The fraction of sp³-hybridized carbons (Fsp3) is 0.263. The van der Waals surface area contributed by atoms with Crippen LogP contribution in [0.15, 0.2) is 48.5 Å². The highest BCUT2D eigenvalue weighted by molar-refractivity contribution is 5.89. The van der Waals surface area contributed by atoms with Crippen molar-refractivity contribution in [2.24, 2.45) is 0 Å². The van der Waals surface area contributed by atoms with Crippen LogP contribution >= 0.6 is 0 Å². The predicted octanol–water partition coefficient (Wildman–Crippen LogP) is 2.92. The van der Waals surface area contributed by atoms with Gasteiger partial charge in [0.15, 0.2) is 0 Å². The van der Waals surface area contributed by atoms with Gasteiger partial charge in [-0.3, -0.25) is 0 Å². The largest absolute Gasteiger partial charge is 0.495 e. The monoisotopic (exact) mass is 336 g/mol. The average molecular weight is 336 g/mol. The molecule has 1 N–H and O–H groups in total. The molecule has 0 unspecified atom stereocenters. The number of carbonyl (C=O) groups is 1. The van der Waals surface area contributed by atoms with Crippen LogP contribution in [0.3, 0.4) is 0 Å². The molecule has 1 aliphatic rings. The number of ether oxygens (including phenoxy) is 1. The molecule has 2 aromatic carbocycles. The van der Waals surface area contributed by atoms with Crippen LogP contribution in [0, 0.1) is 11.3 Å². The third-order valence-corrected chi connectivity index (χ3v) is 4.26. The number of hydrogen-bond acceptors (Lipinski definition) is 4. The van der Waals surface area contributed by atoms with Gasteiger partial charge in [0, 0.05) is 31.9 Å². The van der Waals surface area contributed by atoms with Gasteiger partial charge in [-0.05, 0) is 36.4 Å². The summed E-state index contributed by atoms with van der Waals surface area (Å²) in [5, 5.41) is 11.7. The highest BCUT2D eigenvalue weighted by Crippen LogP contribution is 2.28. The van der Waals surface area contributed by atoms with Crippen molar-refractivity contribution in [2.45, 2.75) is 0 Å². The van der Waals surface area contributed by atoms with Gasteiger partial charge in [0.05, 0.1) is 24.4 Å². The van der Waals surface area contributed by atoms with Crippen molar-refractivity contribution in [1.29, 1.82) is 5.26 Å². The number of amides is 2. The topological polar surface area (TPSA) is 68.6 Å². The maximum Gasteiger partial charge on any atom is 0.321 e. The molecule has 3 rings (SSSR count). The molecule has 25 heavy (non-hydrogen) atoms. The molecule has 128 valence electrons. The van der Waals surface area contributed by atoms with E-state index >= 15 is 0 Å². The van der Waals surface area contributed by atoms with Crippen molar-refractivity contribution in [3.63, 3.8) is 0 Å². The van der Waals surface area contributed by atoms with E-state index in [0.717, 1.165) is 24.5 Å². The lowest BCUT2D eigenvalue weighted by Gasteiger charge is -2.36. The minimum atomic E-state index is -0.121. The summed E-state index contributed by atoms with van der Waals surface area (Å²) in [7, 11) is 1.67. The summed E-state index contributed by atoms with van der Waals surface area (Å²) in [6, 6.07) is 16.7. The molecule has 0 aromatic heterocycles. The Morgan fingerprint density at radius 3 is 2.40 bits per heavy atom. The second kappa shape index (κ2) is 7.58. The van der Waals surface area contributed by atoms with Crippen molar-refractivity contribution in [3.05, 3.63) is 54.1 Å². The smallest absolute Gasteiger partial charge is 0.321 e. The SMILES string of the molecule is COc1ccccc1N1CCN(C(=O)Nc2ccc(C#N)cc2)CC1. The molecule has 6 heteroatoms. The van der Waals surface area contributed by atoms with Gasteiger partial charge in [-0.25, -0.2) is 4.79 Å². The zero-order valence-electron chi connectivity index (χ0n) is 14.1. The van der Waals surface area contributed by atoms with E-state index in [4.69, 9.17) is 10.00 Å². The maximum absolute atomic E-state index is 12.4. The Morgan fingerprint density at radius 1 is 1.08 bits per heavy atom. The lowest BCUT2D eigenvalue weighted by atomic mass is 10.2. The Hall–Kier alpha value is -3.20. The van der Waals surface area contributed by atoms with E-state index < -0.39 is 0 Å². The average Bonchev–Trinajstić information content (AvgIpc) is 2.68. The number of urea groups is 1. The molecule has 2 amide bonds. The van der Waals surface area contributed by atoms with Gasteiger partial charge >= 0.3 is 6.03 Å². The third kappa shape index (κ3) is 3.83. The summed E-state index contributed by atoms with van der Waals surface area (Å²) < 4.78 is 5.41. The van der Waals surface area contributed by atoms with E-state index in [2.05, 4.69) is 16.3 Å². The molecule has 1 fully saturated rings. The molecule has 0 saturated carbocycles. The summed E-state index contributed by atoms with van der Waals surface area (Å²) in [4.78, 5) is 16.4. The number of methoxy groups -OCH3 is 1. The van der Waals surface area contributed by atoms with E-state index in [1.54, 1.807) is 36.3 Å². The van der Waals surface area contributed by atoms with Crippen LogP contribution in [0.1, 0.15) is 5.56 Å². The maximum atomic E-state index is 12.4. The number of hydrogen-bond donors (Lipinski definition) is 1. The first-order valence-corrected chi connectivity index (χ1v) is 8.15. The Balaban J connectivity index is 1.58. The third-order valence-electron chi connectivity index (χ3n) is 4.26. The first-order chi connectivity index (χ1) is 12.2. The highest BCUT2D eigenvalue weighted by atomic mass is 16.5. The number of anilines is 2. The van der Waals surface area contributed by atoms with Crippen molar-refractivity contribution in [2.75, 3.05) is 43.5 Å². The van der Waals surface area contributed by atoms with Crippen LogP contribution in [-0.4, -0.2) is 44.2 Å². The number of piperazine rings is 1. The van der Waals surface area contributed by atoms with Gasteiger partial charge < -0.3 is 19.9 Å². The molecule has 1 heterocycles. The van der Waals surface area contributed by atoms with E-state index in [0.29, 0.717) is 24.3 Å². The Bertz CT molecular complexity index is 775. The number of nitrogens with one attached hydrogen (secondary N) is 1. The van der Waals surface area contributed by atoms with Gasteiger partial charge in [-0.2, -0.15) is 5.26 Å². The van der Waals surface area contributed by atoms with Crippen molar-refractivity contribution < 1.29 is 9.53 Å². The van der Waals surface area contributed by atoms with E-state index in [1.807, 2.05) is 24.3 Å². The van der Waals surface area contributed by atoms with Gasteiger partial charge in [-0.1, -0.05) is 12.1 Å². The zero-order valence-corrected chi connectivity index (χ0v) is 14.1. The number of para-hydroxylation sites is 2. The molecule has 6 nitrogen and oxygen atoms in total. The van der Waals surface area contributed by atoms with E-state index in [9.17, 15) is 4.79 Å². The lowest BCUT2D eigenvalue weighted by molar-refractivity contribution is 0.208. The van der Waals surface area contributed by atoms with E-state index in [1.165, 1.54) is 0 Å². The Kier molecular flexibility index (Phi) is 5.05. The quantitative estimate of drug-likeness (QED) is 0.936. The Labute approximate surface area is 147 Å². The first kappa shape index (κ1) is 16.7. The lowest BCUT2D eigenvalue weighted by Crippen LogP contribution is -2.50. The molecular formula is C19H20N4O2. The molecule has 0 atom stereocenters. The summed E-state index contributed by atoms with van der Waals surface area (Å²) in [5.74, 6) is 0.845.